The van der Waals surface area contributed by atoms with Crippen molar-refractivity contribution in [3.8, 4) is 0 Å². The summed E-state index contributed by atoms with van der Waals surface area (Å²) in [5.74, 6) is 0. The minimum Gasteiger partial charge on any atom is -0.412 e. The van der Waals surface area contributed by atoms with Crippen LogP contribution in [0.4, 0.5) is 26.3 Å². The van der Waals surface area contributed by atoms with Gasteiger partial charge in [-0.15, -0.1) is 0 Å². The van der Waals surface area contributed by atoms with Gasteiger partial charge in [-0.05, 0) is 57.9 Å². The normalized spacial score (nSPS) is 17.8. The van der Waals surface area contributed by atoms with Gasteiger partial charge in [0.1, 0.15) is 0 Å². The molecule has 200 valence electrons. The van der Waals surface area contributed by atoms with Crippen LogP contribution in [0, 0.1) is 0 Å². The molecule has 0 rings (SSSR count). The fourth-order valence-corrected chi connectivity index (χ4v) is 16.0. The van der Waals surface area contributed by atoms with Gasteiger partial charge in [0, 0.05) is 18.1 Å². The van der Waals surface area contributed by atoms with Crippen molar-refractivity contribution in [2.24, 2.45) is 0 Å². The molecule has 0 amide bonds. The fraction of sp³-hybridized carbons (Fsp3) is 1.00. The second-order valence-electron chi connectivity index (χ2n) is 10.7. The highest BCUT2D eigenvalue weighted by molar-refractivity contribution is 6.79. The summed E-state index contributed by atoms with van der Waals surface area (Å²) in [7, 11) is -7.49. The third-order valence-corrected chi connectivity index (χ3v) is 19.2. The second-order valence-corrected chi connectivity index (χ2v) is 22.5. The van der Waals surface area contributed by atoms with Crippen molar-refractivity contribution in [2.75, 3.05) is 0 Å². The van der Waals surface area contributed by atoms with Crippen LogP contribution in [-0.2, 0) is 8.85 Å². The number of hydrogen-bond acceptors (Lipinski definition) is 2. The molecule has 0 spiro atoms. The molecule has 0 aliphatic rings. The van der Waals surface area contributed by atoms with Gasteiger partial charge in [0.15, 0.2) is 8.32 Å². The van der Waals surface area contributed by atoms with Crippen molar-refractivity contribution in [3.05, 3.63) is 0 Å². The van der Waals surface area contributed by atoms with E-state index in [4.69, 9.17) is 8.85 Å². The molecule has 0 heterocycles. The first-order valence-corrected chi connectivity index (χ1v) is 20.6. The highest BCUT2D eigenvalue weighted by Crippen LogP contribution is 2.43. The zero-order chi connectivity index (χ0) is 26.4. The van der Waals surface area contributed by atoms with E-state index in [-0.39, 0.29) is 12.1 Å². The van der Waals surface area contributed by atoms with Gasteiger partial charge < -0.3 is 8.85 Å². The van der Waals surface area contributed by atoms with E-state index in [1.165, 1.54) is 0 Å². The SMILES string of the molecule is CCCC[Si](C)(CCC(F)(F)F)OC(C)(C)[Si](C)(CCC(F)(F)F)OC(CC)(CC)[SiH](C)C. The third kappa shape index (κ3) is 10.7. The van der Waals surface area contributed by atoms with Gasteiger partial charge in [-0.3, -0.25) is 0 Å². The van der Waals surface area contributed by atoms with Crippen LogP contribution in [0.5, 0.6) is 0 Å². The van der Waals surface area contributed by atoms with Crippen LogP contribution in [0.1, 0.15) is 73.1 Å². The Morgan fingerprint density at radius 3 is 1.55 bits per heavy atom. The number of halogens is 6. The maximum Gasteiger partial charge on any atom is 0.388 e. The van der Waals surface area contributed by atoms with Crippen LogP contribution in [0.2, 0.25) is 44.3 Å². The molecular weight excluding hydrogens is 494 g/mol. The molecule has 0 saturated carbocycles. The Morgan fingerprint density at radius 2 is 1.18 bits per heavy atom. The zero-order valence-electron chi connectivity index (χ0n) is 22.0. The predicted molar refractivity (Wildman–Crippen MR) is 132 cm³/mol. The molecule has 0 N–H and O–H groups in total. The van der Waals surface area contributed by atoms with E-state index in [0.717, 1.165) is 12.8 Å². The van der Waals surface area contributed by atoms with Crippen molar-refractivity contribution in [1.82, 2.24) is 0 Å². The minimum absolute atomic E-state index is 0.0880. The van der Waals surface area contributed by atoms with Gasteiger partial charge in [-0.1, -0.05) is 46.7 Å². The molecule has 0 aliphatic heterocycles. The predicted octanol–water partition coefficient (Wildman–Crippen LogP) is 8.78. The highest BCUT2D eigenvalue weighted by Gasteiger charge is 2.55. The average molecular weight is 541 g/mol. The molecule has 0 saturated heterocycles. The van der Waals surface area contributed by atoms with E-state index in [2.05, 4.69) is 13.1 Å². The Balaban J connectivity index is 6.24. The number of unbranched alkanes of at least 4 members (excludes halogenated alkanes) is 1. The zero-order valence-corrected chi connectivity index (χ0v) is 25.2. The summed E-state index contributed by atoms with van der Waals surface area (Å²) >= 11 is 0. The Morgan fingerprint density at radius 1 is 0.727 bits per heavy atom. The molecule has 0 aliphatic carbocycles. The maximum atomic E-state index is 13.3. The smallest absolute Gasteiger partial charge is 0.388 e. The van der Waals surface area contributed by atoms with Gasteiger partial charge in [0.25, 0.3) is 0 Å². The first kappa shape index (κ1) is 33.2. The lowest BCUT2D eigenvalue weighted by Gasteiger charge is -2.52. The lowest BCUT2D eigenvalue weighted by Crippen LogP contribution is -2.65. The summed E-state index contributed by atoms with van der Waals surface area (Å²) in [4.78, 5) is 0. The van der Waals surface area contributed by atoms with Gasteiger partial charge in [0.2, 0.25) is 8.32 Å². The summed E-state index contributed by atoms with van der Waals surface area (Å²) < 4.78 is 92.5. The van der Waals surface area contributed by atoms with E-state index in [1.807, 2.05) is 20.8 Å². The summed E-state index contributed by atoms with van der Waals surface area (Å²) in [6.45, 7) is 17.4. The number of alkyl halides is 6. The standard InChI is InChI=1S/C22H46F6O2Si3/c1-10-13-16-32(8,17-14-21(23,24)25)29-19(4,5)33(9,18-15-22(26,27)28)30-20(11-2,12-3)31(6)7/h31H,10-18H2,1-9H3. The molecule has 11 heteroatoms. The molecule has 2 atom stereocenters. The van der Waals surface area contributed by atoms with Gasteiger partial charge in [-0.25, -0.2) is 0 Å². The van der Waals surface area contributed by atoms with E-state index in [9.17, 15) is 26.3 Å². The van der Waals surface area contributed by atoms with Gasteiger partial charge >= 0.3 is 12.4 Å². The topological polar surface area (TPSA) is 18.5 Å². The molecule has 2 unspecified atom stereocenters. The van der Waals surface area contributed by atoms with Gasteiger partial charge in [0.05, 0.1) is 14.0 Å². The Hall–Kier alpha value is 0.151. The molecule has 33 heavy (non-hydrogen) atoms. The van der Waals surface area contributed by atoms with Crippen LogP contribution < -0.4 is 0 Å². The summed E-state index contributed by atoms with van der Waals surface area (Å²) in [6.07, 6.45) is -7.54. The average Bonchev–Trinajstić information content (AvgIpc) is 2.66. The van der Waals surface area contributed by atoms with Crippen LogP contribution in [0.15, 0.2) is 0 Å². The first-order valence-electron chi connectivity index (χ1n) is 12.2. The number of hydrogen-bond donors (Lipinski definition) is 0. The maximum absolute atomic E-state index is 13.3. The molecule has 0 fully saturated rings. The molecule has 2 nitrogen and oxygen atoms in total. The quantitative estimate of drug-likeness (QED) is 0.153. The van der Waals surface area contributed by atoms with E-state index < -0.39 is 61.1 Å². The molecule has 0 aromatic heterocycles. The van der Waals surface area contributed by atoms with Crippen molar-refractivity contribution < 1.29 is 35.2 Å². The summed E-state index contributed by atoms with van der Waals surface area (Å²) in [5.41, 5.74) is 0. The lowest BCUT2D eigenvalue weighted by molar-refractivity contribution is -0.133. The first-order chi connectivity index (χ1) is 14.7. The van der Waals surface area contributed by atoms with Crippen molar-refractivity contribution >= 4 is 25.4 Å². The second kappa shape index (κ2) is 12.4. The molecule has 0 radical (unpaired) electrons. The lowest BCUT2D eigenvalue weighted by atomic mass is 10.2. The molecular formula is C22H46F6O2Si3. The highest BCUT2D eigenvalue weighted by atomic mass is 28.4. The fourth-order valence-electron chi connectivity index (χ4n) is 4.54. The number of rotatable bonds is 15. The van der Waals surface area contributed by atoms with Crippen molar-refractivity contribution in [3.63, 3.8) is 0 Å². The van der Waals surface area contributed by atoms with Gasteiger partial charge in [-0.2, -0.15) is 26.3 Å². The van der Waals surface area contributed by atoms with Crippen LogP contribution in [0.3, 0.4) is 0 Å². The monoisotopic (exact) mass is 540 g/mol. The molecule has 0 aromatic carbocycles. The molecule has 0 bridgehead atoms. The van der Waals surface area contributed by atoms with E-state index in [1.54, 1.807) is 26.9 Å². The minimum atomic E-state index is -4.33. The van der Waals surface area contributed by atoms with E-state index >= 15 is 0 Å². The van der Waals surface area contributed by atoms with Crippen LogP contribution >= 0.6 is 0 Å². The van der Waals surface area contributed by atoms with Crippen molar-refractivity contribution in [1.29, 1.82) is 0 Å². The van der Waals surface area contributed by atoms with Crippen molar-refractivity contribution in [2.45, 2.75) is 140 Å². The summed E-state index contributed by atoms with van der Waals surface area (Å²) in [6, 6.07) is 0.303. The van der Waals surface area contributed by atoms with Crippen LogP contribution in [-0.4, -0.2) is 48.2 Å². The Kier molecular flexibility index (Phi) is 12.5. The largest absolute Gasteiger partial charge is 0.412 e. The Labute approximate surface area is 201 Å². The third-order valence-electron chi connectivity index (χ3n) is 7.33. The van der Waals surface area contributed by atoms with Crippen LogP contribution in [0.25, 0.3) is 0 Å². The van der Waals surface area contributed by atoms with E-state index in [0.29, 0.717) is 18.9 Å². The summed E-state index contributed by atoms with van der Waals surface area (Å²) in [5, 5.41) is -1.50. The Bertz CT molecular complexity index is 579. The molecule has 0 aromatic rings.